The Hall–Kier alpha value is -0.370. The number of carbonyl (C=O) groups excluding carboxylic acids is 1. The van der Waals surface area contributed by atoms with Crippen molar-refractivity contribution in [3.63, 3.8) is 0 Å². The monoisotopic (exact) mass is 182 g/mol. The van der Waals surface area contributed by atoms with Crippen molar-refractivity contribution in [3.05, 3.63) is 0 Å². The highest BCUT2D eigenvalue weighted by Gasteiger charge is 2.53. The van der Waals surface area contributed by atoms with Crippen LogP contribution in [0.4, 0.5) is 0 Å². The molecule has 2 rings (SSSR count). The number of Topliss-reactive ketones (excluding diaryl/α,β-unsaturated/α-hetero) is 1. The molecule has 2 nitrogen and oxygen atoms in total. The number of carbonyl (C=O) groups is 1. The van der Waals surface area contributed by atoms with Gasteiger partial charge in [0, 0.05) is 5.92 Å². The molecule has 2 aliphatic carbocycles. The maximum absolute atomic E-state index is 11.4. The van der Waals surface area contributed by atoms with Crippen LogP contribution in [0.3, 0.4) is 0 Å². The molecule has 0 saturated heterocycles. The van der Waals surface area contributed by atoms with E-state index in [9.17, 15) is 9.90 Å². The molecule has 2 aliphatic rings. The summed E-state index contributed by atoms with van der Waals surface area (Å²) < 4.78 is 0. The van der Waals surface area contributed by atoms with Crippen LogP contribution in [0.15, 0.2) is 0 Å². The van der Waals surface area contributed by atoms with Crippen LogP contribution < -0.4 is 0 Å². The van der Waals surface area contributed by atoms with Crippen LogP contribution in [0, 0.1) is 17.8 Å². The average Bonchev–Trinajstić information content (AvgIpc) is 2.41. The van der Waals surface area contributed by atoms with Crippen LogP contribution in [0.5, 0.6) is 0 Å². The van der Waals surface area contributed by atoms with Crippen LogP contribution in [0.25, 0.3) is 0 Å². The van der Waals surface area contributed by atoms with Crippen molar-refractivity contribution in [1.29, 1.82) is 0 Å². The van der Waals surface area contributed by atoms with Crippen molar-refractivity contribution < 1.29 is 9.90 Å². The minimum absolute atomic E-state index is 0.0833. The summed E-state index contributed by atoms with van der Waals surface area (Å²) >= 11 is 0. The fourth-order valence-corrected chi connectivity index (χ4v) is 3.62. The van der Waals surface area contributed by atoms with Gasteiger partial charge in [-0.05, 0) is 38.5 Å². The largest absolute Gasteiger partial charge is 0.389 e. The molecule has 4 atom stereocenters. The third-order valence-electron chi connectivity index (χ3n) is 3.93. The fraction of sp³-hybridized carbons (Fsp3) is 0.909. The van der Waals surface area contributed by atoms with E-state index < -0.39 is 5.60 Å². The maximum Gasteiger partial charge on any atom is 0.136 e. The molecule has 0 spiro atoms. The number of hydrogen-bond donors (Lipinski definition) is 1. The van der Waals surface area contributed by atoms with E-state index in [4.69, 9.17) is 0 Å². The summed E-state index contributed by atoms with van der Waals surface area (Å²) in [5, 5.41) is 10.1. The molecule has 0 aromatic heterocycles. The summed E-state index contributed by atoms with van der Waals surface area (Å²) in [5.41, 5.74) is -0.721. The SMILES string of the molecule is CC(=O)[C@H]1[C@@H]2CCC[C@@H]2C[C@@]1(C)O. The molecule has 74 valence electrons. The summed E-state index contributed by atoms with van der Waals surface area (Å²) in [5.74, 6) is 1.19. The van der Waals surface area contributed by atoms with E-state index in [-0.39, 0.29) is 11.7 Å². The summed E-state index contributed by atoms with van der Waals surface area (Å²) in [6.45, 7) is 3.46. The van der Waals surface area contributed by atoms with Gasteiger partial charge in [0.25, 0.3) is 0 Å². The Bertz CT molecular complexity index is 232. The first kappa shape index (κ1) is 9.20. The topological polar surface area (TPSA) is 37.3 Å². The summed E-state index contributed by atoms with van der Waals surface area (Å²) in [4.78, 5) is 11.4. The van der Waals surface area contributed by atoms with Crippen LogP contribution in [0.2, 0.25) is 0 Å². The first-order valence-corrected chi connectivity index (χ1v) is 5.25. The predicted octanol–water partition coefficient (Wildman–Crippen LogP) is 1.76. The molecule has 0 bridgehead atoms. The lowest BCUT2D eigenvalue weighted by Crippen LogP contribution is -2.36. The van der Waals surface area contributed by atoms with Gasteiger partial charge in [-0.15, -0.1) is 0 Å². The summed E-state index contributed by atoms with van der Waals surface area (Å²) in [6, 6.07) is 0. The summed E-state index contributed by atoms with van der Waals surface area (Å²) in [7, 11) is 0. The van der Waals surface area contributed by atoms with E-state index in [1.165, 1.54) is 12.8 Å². The first-order valence-electron chi connectivity index (χ1n) is 5.25. The Kier molecular flexibility index (Phi) is 1.99. The highest BCUT2D eigenvalue weighted by molar-refractivity contribution is 5.80. The molecule has 2 fully saturated rings. The van der Waals surface area contributed by atoms with E-state index in [0.29, 0.717) is 11.8 Å². The zero-order valence-electron chi connectivity index (χ0n) is 8.42. The number of fused-ring (bicyclic) bond motifs is 1. The van der Waals surface area contributed by atoms with Crippen LogP contribution in [-0.4, -0.2) is 16.5 Å². The molecule has 0 aliphatic heterocycles. The van der Waals surface area contributed by atoms with Crippen molar-refractivity contribution in [2.45, 2.75) is 45.1 Å². The van der Waals surface area contributed by atoms with Gasteiger partial charge < -0.3 is 5.11 Å². The second-order valence-corrected chi connectivity index (χ2v) is 5.00. The molecule has 0 heterocycles. The zero-order valence-corrected chi connectivity index (χ0v) is 8.42. The fourth-order valence-electron chi connectivity index (χ4n) is 3.62. The molecule has 0 aromatic carbocycles. The smallest absolute Gasteiger partial charge is 0.136 e. The normalized spacial score (nSPS) is 49.3. The Labute approximate surface area is 79.3 Å². The lowest BCUT2D eigenvalue weighted by molar-refractivity contribution is -0.128. The number of ketones is 1. The van der Waals surface area contributed by atoms with Gasteiger partial charge in [0.1, 0.15) is 5.78 Å². The maximum atomic E-state index is 11.4. The number of aliphatic hydroxyl groups is 1. The van der Waals surface area contributed by atoms with Crippen molar-refractivity contribution in [2.24, 2.45) is 17.8 Å². The van der Waals surface area contributed by atoms with Gasteiger partial charge in [-0.3, -0.25) is 4.79 Å². The van der Waals surface area contributed by atoms with Crippen LogP contribution in [-0.2, 0) is 4.79 Å². The molecule has 0 amide bonds. The van der Waals surface area contributed by atoms with Gasteiger partial charge in [-0.2, -0.15) is 0 Å². The molecule has 0 radical (unpaired) electrons. The lowest BCUT2D eigenvalue weighted by atomic mass is 9.83. The third kappa shape index (κ3) is 1.32. The van der Waals surface area contributed by atoms with E-state index in [0.717, 1.165) is 12.8 Å². The molecule has 13 heavy (non-hydrogen) atoms. The predicted molar refractivity (Wildman–Crippen MR) is 50.2 cm³/mol. The van der Waals surface area contributed by atoms with Crippen molar-refractivity contribution >= 4 is 5.78 Å². The van der Waals surface area contributed by atoms with Gasteiger partial charge >= 0.3 is 0 Å². The van der Waals surface area contributed by atoms with Crippen molar-refractivity contribution in [1.82, 2.24) is 0 Å². The summed E-state index contributed by atoms with van der Waals surface area (Å²) in [6.07, 6.45) is 4.44. The van der Waals surface area contributed by atoms with Gasteiger partial charge in [-0.25, -0.2) is 0 Å². The Morgan fingerprint density at radius 1 is 1.46 bits per heavy atom. The lowest BCUT2D eigenvalue weighted by Gasteiger charge is -2.26. The van der Waals surface area contributed by atoms with E-state index in [1.807, 2.05) is 6.92 Å². The molecule has 2 saturated carbocycles. The number of rotatable bonds is 1. The number of hydrogen-bond acceptors (Lipinski definition) is 2. The Balaban J connectivity index is 2.25. The molecule has 0 aromatic rings. The van der Waals surface area contributed by atoms with Gasteiger partial charge in [0.05, 0.1) is 5.60 Å². The van der Waals surface area contributed by atoms with Crippen LogP contribution in [0.1, 0.15) is 39.5 Å². The third-order valence-corrected chi connectivity index (χ3v) is 3.93. The van der Waals surface area contributed by atoms with Crippen molar-refractivity contribution in [2.75, 3.05) is 0 Å². The Morgan fingerprint density at radius 3 is 2.77 bits per heavy atom. The standard InChI is InChI=1S/C11H18O2/c1-7(12)10-9-5-3-4-8(9)6-11(10,2)13/h8-10,13H,3-6H2,1-2H3/t8-,9-,10+,11-/m1/s1. The van der Waals surface area contributed by atoms with Crippen molar-refractivity contribution in [3.8, 4) is 0 Å². The zero-order chi connectivity index (χ0) is 9.64. The molecule has 0 unspecified atom stereocenters. The Morgan fingerprint density at radius 2 is 2.15 bits per heavy atom. The molecular formula is C11H18O2. The first-order chi connectivity index (χ1) is 6.02. The van der Waals surface area contributed by atoms with Gasteiger partial charge in [-0.1, -0.05) is 12.8 Å². The van der Waals surface area contributed by atoms with Gasteiger partial charge in [0.15, 0.2) is 0 Å². The second kappa shape index (κ2) is 2.81. The minimum Gasteiger partial charge on any atom is -0.389 e. The van der Waals surface area contributed by atoms with Crippen LogP contribution >= 0.6 is 0 Å². The van der Waals surface area contributed by atoms with E-state index >= 15 is 0 Å². The quantitative estimate of drug-likeness (QED) is 0.671. The van der Waals surface area contributed by atoms with E-state index in [2.05, 4.69) is 0 Å². The van der Waals surface area contributed by atoms with E-state index in [1.54, 1.807) is 6.92 Å². The average molecular weight is 182 g/mol. The second-order valence-electron chi connectivity index (χ2n) is 5.00. The molecule has 2 heteroatoms. The minimum atomic E-state index is -0.721. The highest BCUT2D eigenvalue weighted by Crippen LogP contribution is 2.52. The highest BCUT2D eigenvalue weighted by atomic mass is 16.3. The van der Waals surface area contributed by atoms with Gasteiger partial charge in [0.2, 0.25) is 0 Å². The molecular weight excluding hydrogens is 164 g/mol. The molecule has 1 N–H and O–H groups in total.